The van der Waals surface area contributed by atoms with E-state index in [0.29, 0.717) is 5.56 Å². The predicted octanol–water partition coefficient (Wildman–Crippen LogP) is -0.290. The fourth-order valence-corrected chi connectivity index (χ4v) is 1.04. The van der Waals surface area contributed by atoms with E-state index in [0.717, 1.165) is 6.08 Å². The second-order valence-corrected chi connectivity index (χ2v) is 3.58. The van der Waals surface area contributed by atoms with Gasteiger partial charge in [-0.25, -0.2) is 0 Å². The third-order valence-electron chi connectivity index (χ3n) is 2.01. The third kappa shape index (κ3) is 6.69. The Morgan fingerprint density at radius 3 is 2.21 bits per heavy atom. The maximum atomic E-state index is 10.4. The minimum atomic E-state index is -1.10. The van der Waals surface area contributed by atoms with Crippen LogP contribution in [-0.4, -0.2) is 33.2 Å². The van der Waals surface area contributed by atoms with Gasteiger partial charge in [-0.3, -0.25) is 9.59 Å². The number of amides is 1. The largest absolute Gasteiger partial charge is 0.504 e. The number of primary amides is 1. The number of hydrogen-bond acceptors (Lipinski definition) is 5. The molecule has 0 unspecified atom stereocenters. The number of hydrogen-bond donors (Lipinski definition) is 5. The van der Waals surface area contributed by atoms with Crippen molar-refractivity contribution >= 4 is 11.9 Å². The Morgan fingerprint density at radius 1 is 1.32 bits per heavy atom. The first-order valence-electron chi connectivity index (χ1n) is 5.19. The van der Waals surface area contributed by atoms with Crippen LogP contribution in [0.25, 0.3) is 0 Å². The summed E-state index contributed by atoms with van der Waals surface area (Å²) >= 11 is 0. The number of aliphatic carboxylic acids is 1. The highest BCUT2D eigenvalue weighted by atomic mass is 16.4. The van der Waals surface area contributed by atoms with Crippen LogP contribution < -0.4 is 11.5 Å². The van der Waals surface area contributed by atoms with Gasteiger partial charge >= 0.3 is 5.97 Å². The molecule has 0 heterocycles. The first kappa shape index (κ1) is 16.5. The molecular formula is C12H16N2O5. The molecule has 1 rings (SSSR count). The molecule has 0 saturated heterocycles. The zero-order valence-corrected chi connectivity index (χ0v) is 10.1. The minimum absolute atomic E-state index is 0.114. The summed E-state index contributed by atoms with van der Waals surface area (Å²) in [5.41, 5.74) is 10.4. The molecule has 1 aromatic carbocycles. The Hall–Kier alpha value is -2.54. The molecule has 0 fully saturated rings. The molecule has 0 saturated carbocycles. The number of carbonyl (C=O) groups is 2. The van der Waals surface area contributed by atoms with Gasteiger partial charge in [0.05, 0.1) is 0 Å². The molecule has 1 atom stereocenters. The second-order valence-electron chi connectivity index (χ2n) is 3.58. The molecule has 1 aromatic rings. The van der Waals surface area contributed by atoms with Crippen molar-refractivity contribution in [1.82, 2.24) is 0 Å². The fourth-order valence-electron chi connectivity index (χ4n) is 1.04. The Bertz CT molecular complexity index is 473. The van der Waals surface area contributed by atoms with Gasteiger partial charge in [-0.15, -0.1) is 0 Å². The van der Waals surface area contributed by atoms with Gasteiger partial charge in [-0.1, -0.05) is 12.6 Å². The van der Waals surface area contributed by atoms with E-state index in [1.165, 1.54) is 18.2 Å². The minimum Gasteiger partial charge on any atom is -0.504 e. The number of rotatable bonds is 4. The molecule has 7 nitrogen and oxygen atoms in total. The van der Waals surface area contributed by atoms with Crippen LogP contribution in [0.5, 0.6) is 11.5 Å². The molecule has 19 heavy (non-hydrogen) atoms. The quantitative estimate of drug-likeness (QED) is 0.374. The van der Waals surface area contributed by atoms with Crippen molar-refractivity contribution in [2.24, 2.45) is 11.5 Å². The van der Waals surface area contributed by atoms with Crippen LogP contribution in [-0.2, 0) is 16.0 Å². The highest BCUT2D eigenvalue weighted by Crippen LogP contribution is 2.25. The molecule has 7 heteroatoms. The number of nitrogens with two attached hydrogens (primary N) is 2. The zero-order valence-electron chi connectivity index (χ0n) is 10.1. The normalized spacial score (nSPS) is 10.8. The number of benzene rings is 1. The molecule has 1 amide bonds. The van der Waals surface area contributed by atoms with Crippen LogP contribution in [0, 0.1) is 0 Å². The van der Waals surface area contributed by atoms with Crippen molar-refractivity contribution < 1.29 is 24.9 Å². The van der Waals surface area contributed by atoms with Gasteiger partial charge in [-0.05, 0) is 30.2 Å². The van der Waals surface area contributed by atoms with Crippen molar-refractivity contribution in [2.75, 3.05) is 0 Å². The summed E-state index contributed by atoms with van der Waals surface area (Å²) in [5.74, 6) is -2.10. The lowest BCUT2D eigenvalue weighted by molar-refractivity contribution is -0.138. The molecule has 0 aliphatic heterocycles. The summed E-state index contributed by atoms with van der Waals surface area (Å²) in [5, 5.41) is 26.6. The van der Waals surface area contributed by atoms with Crippen molar-refractivity contribution in [3.63, 3.8) is 0 Å². The second kappa shape index (κ2) is 7.72. The van der Waals surface area contributed by atoms with E-state index in [1.54, 1.807) is 0 Å². The van der Waals surface area contributed by atoms with Crippen LogP contribution >= 0.6 is 0 Å². The third-order valence-corrected chi connectivity index (χ3v) is 2.01. The number of carboxylic acid groups (broad SMARTS) is 1. The van der Waals surface area contributed by atoms with E-state index in [4.69, 9.17) is 21.1 Å². The van der Waals surface area contributed by atoms with Crippen molar-refractivity contribution in [1.29, 1.82) is 0 Å². The van der Waals surface area contributed by atoms with E-state index in [9.17, 15) is 9.59 Å². The summed E-state index contributed by atoms with van der Waals surface area (Å²) < 4.78 is 0. The Kier molecular flexibility index (Phi) is 6.69. The topological polar surface area (TPSA) is 147 Å². The first-order chi connectivity index (χ1) is 8.77. The molecule has 7 N–H and O–H groups in total. The number of phenols is 2. The SMILES string of the molecule is C=CC(N)=O.N[C@@H](Cc1ccc(O)c(O)c1)C(=O)O. The summed E-state index contributed by atoms with van der Waals surface area (Å²) in [6.07, 6.45) is 1.17. The maximum Gasteiger partial charge on any atom is 0.320 e. The summed E-state index contributed by atoms with van der Waals surface area (Å²) in [7, 11) is 0. The van der Waals surface area contributed by atoms with Crippen molar-refractivity contribution in [2.45, 2.75) is 12.5 Å². The highest BCUT2D eigenvalue weighted by Gasteiger charge is 2.12. The standard InChI is InChI=1S/C9H11NO4.C3H5NO/c10-6(9(13)14)3-5-1-2-7(11)8(12)4-5;1-2-3(4)5/h1-2,4,6,11-12H,3,10H2,(H,13,14);2H,1H2,(H2,4,5)/t6-;/m0./s1. The molecule has 104 valence electrons. The Balaban J connectivity index is 0.000000555. The molecule has 0 radical (unpaired) electrons. The van der Waals surface area contributed by atoms with Gasteiger partial charge in [0.1, 0.15) is 6.04 Å². The average Bonchev–Trinajstić information content (AvgIpc) is 2.34. The molecule has 0 spiro atoms. The van der Waals surface area contributed by atoms with Crippen molar-refractivity contribution in [3.8, 4) is 11.5 Å². The van der Waals surface area contributed by atoms with Gasteiger partial charge in [0.2, 0.25) is 5.91 Å². The Morgan fingerprint density at radius 2 is 1.84 bits per heavy atom. The predicted molar refractivity (Wildman–Crippen MR) is 68.5 cm³/mol. The van der Waals surface area contributed by atoms with E-state index < -0.39 is 17.9 Å². The number of phenolic OH excluding ortho intramolecular Hbond substituents is 2. The van der Waals surface area contributed by atoms with Gasteiger partial charge in [0, 0.05) is 0 Å². The fraction of sp³-hybridized carbons (Fsp3) is 0.167. The molecular weight excluding hydrogens is 252 g/mol. The average molecular weight is 268 g/mol. The lowest BCUT2D eigenvalue weighted by atomic mass is 10.1. The molecule has 0 aliphatic rings. The number of aromatic hydroxyl groups is 2. The van der Waals surface area contributed by atoms with Crippen LogP contribution in [0.15, 0.2) is 30.9 Å². The molecule has 0 aromatic heterocycles. The van der Waals surface area contributed by atoms with E-state index in [-0.39, 0.29) is 17.9 Å². The Labute approximate surface area is 109 Å². The first-order valence-corrected chi connectivity index (χ1v) is 5.19. The van der Waals surface area contributed by atoms with Crippen LogP contribution in [0.3, 0.4) is 0 Å². The van der Waals surface area contributed by atoms with E-state index in [2.05, 4.69) is 12.3 Å². The summed E-state index contributed by atoms with van der Waals surface area (Å²) in [6, 6.07) is 3.09. The van der Waals surface area contributed by atoms with Crippen LogP contribution in [0.4, 0.5) is 0 Å². The van der Waals surface area contributed by atoms with Crippen LogP contribution in [0.1, 0.15) is 5.56 Å². The van der Waals surface area contributed by atoms with Gasteiger partial charge < -0.3 is 26.8 Å². The maximum absolute atomic E-state index is 10.4. The van der Waals surface area contributed by atoms with Gasteiger partial charge in [-0.2, -0.15) is 0 Å². The highest BCUT2D eigenvalue weighted by molar-refractivity contribution is 5.84. The number of carbonyl (C=O) groups excluding carboxylic acids is 1. The zero-order chi connectivity index (χ0) is 15.0. The summed E-state index contributed by atoms with van der Waals surface area (Å²) in [6.45, 7) is 3.09. The van der Waals surface area contributed by atoms with E-state index in [1.807, 2.05) is 0 Å². The van der Waals surface area contributed by atoms with E-state index >= 15 is 0 Å². The molecule has 0 aliphatic carbocycles. The molecule has 0 bridgehead atoms. The van der Waals surface area contributed by atoms with Crippen molar-refractivity contribution in [3.05, 3.63) is 36.4 Å². The number of carboxylic acids is 1. The lowest BCUT2D eigenvalue weighted by Crippen LogP contribution is -2.32. The monoisotopic (exact) mass is 268 g/mol. The lowest BCUT2D eigenvalue weighted by Gasteiger charge is -2.06. The van der Waals surface area contributed by atoms with Crippen LogP contribution in [0.2, 0.25) is 0 Å². The smallest absolute Gasteiger partial charge is 0.320 e. The van der Waals surface area contributed by atoms with Gasteiger partial charge in [0.25, 0.3) is 0 Å². The summed E-state index contributed by atoms with van der Waals surface area (Å²) in [4.78, 5) is 19.9. The van der Waals surface area contributed by atoms with Gasteiger partial charge in [0.15, 0.2) is 11.5 Å².